The molecule has 0 bridgehead atoms. The Kier molecular flexibility index (Phi) is 4.83. The summed E-state index contributed by atoms with van der Waals surface area (Å²) in [5.74, 6) is -1.89. The lowest BCUT2D eigenvalue weighted by Gasteiger charge is -2.23. The van der Waals surface area contributed by atoms with Gasteiger partial charge in [0.1, 0.15) is 5.41 Å². The van der Waals surface area contributed by atoms with Crippen LogP contribution in [-0.4, -0.2) is 29.0 Å². The van der Waals surface area contributed by atoms with Gasteiger partial charge in [0.15, 0.2) is 0 Å². The van der Waals surface area contributed by atoms with E-state index in [2.05, 4.69) is 21.2 Å². The molecule has 0 fully saturated rings. The van der Waals surface area contributed by atoms with Crippen LogP contribution in [0.1, 0.15) is 12.5 Å². The lowest BCUT2D eigenvalue weighted by atomic mass is 9.82. The second-order valence-electron chi connectivity index (χ2n) is 4.43. The van der Waals surface area contributed by atoms with Crippen molar-refractivity contribution in [3.63, 3.8) is 0 Å². The number of rotatable bonds is 5. The first-order chi connectivity index (χ1) is 9.22. The van der Waals surface area contributed by atoms with Crippen LogP contribution in [0, 0.1) is 15.5 Å². The third-order valence-electron chi connectivity index (χ3n) is 2.99. The van der Waals surface area contributed by atoms with Gasteiger partial charge in [-0.2, -0.15) is 0 Å². The molecule has 1 amide bonds. The number of carboxylic acid groups (broad SMARTS) is 1. The van der Waals surface area contributed by atoms with Crippen molar-refractivity contribution in [2.45, 2.75) is 13.3 Å². The van der Waals surface area contributed by atoms with Crippen molar-refractivity contribution in [2.75, 3.05) is 7.05 Å². The summed E-state index contributed by atoms with van der Waals surface area (Å²) in [7, 11) is 1.36. The number of benzene rings is 1. The van der Waals surface area contributed by atoms with Crippen LogP contribution in [0.5, 0.6) is 0 Å². The summed E-state index contributed by atoms with van der Waals surface area (Å²) in [5, 5.41) is 22.2. The van der Waals surface area contributed by atoms with Crippen LogP contribution in [0.25, 0.3) is 0 Å². The average Bonchev–Trinajstić information content (AvgIpc) is 2.39. The minimum absolute atomic E-state index is 0.0828. The zero-order chi connectivity index (χ0) is 15.5. The number of non-ortho nitro benzene ring substituents is 1. The summed E-state index contributed by atoms with van der Waals surface area (Å²) in [6.45, 7) is 1.31. The molecule has 1 rings (SSSR count). The normalized spacial score (nSPS) is 13.3. The number of nitro groups is 1. The Morgan fingerprint density at radius 1 is 1.50 bits per heavy atom. The van der Waals surface area contributed by atoms with E-state index in [0.717, 1.165) is 0 Å². The molecular formula is C12H13BrN2O5. The van der Waals surface area contributed by atoms with Crippen molar-refractivity contribution in [3.05, 3.63) is 38.3 Å². The van der Waals surface area contributed by atoms with Crippen LogP contribution in [-0.2, 0) is 16.0 Å². The predicted molar refractivity (Wildman–Crippen MR) is 74.3 cm³/mol. The quantitative estimate of drug-likeness (QED) is 0.480. The Labute approximate surface area is 123 Å². The average molecular weight is 345 g/mol. The Bertz CT molecular complexity index is 575. The van der Waals surface area contributed by atoms with Crippen LogP contribution < -0.4 is 5.32 Å². The van der Waals surface area contributed by atoms with Gasteiger partial charge in [0.2, 0.25) is 5.91 Å². The van der Waals surface area contributed by atoms with E-state index in [4.69, 9.17) is 0 Å². The summed E-state index contributed by atoms with van der Waals surface area (Å²) in [4.78, 5) is 33.2. The molecule has 0 radical (unpaired) electrons. The van der Waals surface area contributed by atoms with Crippen LogP contribution >= 0.6 is 15.9 Å². The second-order valence-corrected chi connectivity index (χ2v) is 5.28. The highest BCUT2D eigenvalue weighted by Crippen LogP contribution is 2.30. The van der Waals surface area contributed by atoms with Gasteiger partial charge in [0, 0.05) is 23.7 Å². The number of halogens is 1. The first-order valence-electron chi connectivity index (χ1n) is 5.60. The molecule has 0 aliphatic rings. The Morgan fingerprint density at radius 2 is 2.10 bits per heavy atom. The number of carbonyl (C=O) groups is 2. The van der Waals surface area contributed by atoms with E-state index in [1.165, 1.54) is 32.2 Å². The number of amides is 1. The van der Waals surface area contributed by atoms with Gasteiger partial charge < -0.3 is 10.4 Å². The van der Waals surface area contributed by atoms with Crippen LogP contribution in [0.3, 0.4) is 0 Å². The molecule has 0 aromatic heterocycles. The Morgan fingerprint density at radius 3 is 2.50 bits per heavy atom. The third kappa shape index (κ3) is 3.13. The fourth-order valence-corrected chi connectivity index (χ4v) is 2.21. The van der Waals surface area contributed by atoms with Gasteiger partial charge in [-0.1, -0.05) is 22.0 Å². The molecule has 7 nitrogen and oxygen atoms in total. The van der Waals surface area contributed by atoms with Gasteiger partial charge in [-0.25, -0.2) is 0 Å². The fraction of sp³-hybridized carbons (Fsp3) is 0.333. The number of nitrogens with zero attached hydrogens (tertiary/aromatic N) is 1. The lowest BCUT2D eigenvalue weighted by molar-refractivity contribution is -0.384. The van der Waals surface area contributed by atoms with Gasteiger partial charge in [0.25, 0.3) is 5.69 Å². The summed E-state index contributed by atoms with van der Waals surface area (Å²) >= 11 is 3.16. The zero-order valence-corrected chi connectivity index (χ0v) is 12.4. The van der Waals surface area contributed by atoms with Crippen LogP contribution in [0.4, 0.5) is 5.69 Å². The maximum absolute atomic E-state index is 11.8. The molecule has 1 aromatic carbocycles. The number of hydrogen-bond acceptors (Lipinski definition) is 4. The summed E-state index contributed by atoms with van der Waals surface area (Å²) in [5.41, 5.74) is -1.25. The molecular weight excluding hydrogens is 332 g/mol. The van der Waals surface area contributed by atoms with E-state index in [1.807, 2.05) is 0 Å². The van der Waals surface area contributed by atoms with Crippen LogP contribution in [0.15, 0.2) is 22.7 Å². The maximum Gasteiger partial charge on any atom is 0.319 e. The van der Waals surface area contributed by atoms with Gasteiger partial charge in [-0.3, -0.25) is 19.7 Å². The monoisotopic (exact) mass is 344 g/mol. The Hall–Kier alpha value is -1.96. The van der Waals surface area contributed by atoms with E-state index in [-0.39, 0.29) is 12.1 Å². The highest BCUT2D eigenvalue weighted by atomic mass is 79.9. The number of aliphatic carboxylic acids is 1. The smallest absolute Gasteiger partial charge is 0.319 e. The third-order valence-corrected chi connectivity index (χ3v) is 3.73. The summed E-state index contributed by atoms with van der Waals surface area (Å²) < 4.78 is 0.392. The van der Waals surface area contributed by atoms with Crippen molar-refractivity contribution < 1.29 is 19.6 Å². The molecule has 0 saturated carbocycles. The van der Waals surface area contributed by atoms with E-state index < -0.39 is 22.2 Å². The molecule has 0 heterocycles. The molecule has 108 valence electrons. The van der Waals surface area contributed by atoms with Gasteiger partial charge in [-0.15, -0.1) is 0 Å². The zero-order valence-electron chi connectivity index (χ0n) is 10.8. The molecule has 0 spiro atoms. The minimum atomic E-state index is -1.65. The molecule has 8 heteroatoms. The van der Waals surface area contributed by atoms with Crippen molar-refractivity contribution in [2.24, 2.45) is 5.41 Å². The first-order valence-corrected chi connectivity index (χ1v) is 6.40. The van der Waals surface area contributed by atoms with E-state index in [9.17, 15) is 24.8 Å². The number of hydrogen-bond donors (Lipinski definition) is 2. The molecule has 1 atom stereocenters. The van der Waals surface area contributed by atoms with E-state index in [0.29, 0.717) is 10.0 Å². The number of carboxylic acids is 1. The van der Waals surface area contributed by atoms with Gasteiger partial charge >= 0.3 is 5.97 Å². The number of nitrogens with one attached hydrogen (secondary N) is 1. The lowest BCUT2D eigenvalue weighted by Crippen LogP contribution is -2.44. The molecule has 0 aliphatic carbocycles. The topological polar surface area (TPSA) is 110 Å². The maximum atomic E-state index is 11.8. The summed E-state index contributed by atoms with van der Waals surface area (Å²) in [6.07, 6.45) is -0.0828. The molecule has 20 heavy (non-hydrogen) atoms. The van der Waals surface area contributed by atoms with Gasteiger partial charge in [-0.05, 0) is 18.9 Å². The van der Waals surface area contributed by atoms with Gasteiger partial charge in [0.05, 0.1) is 4.92 Å². The molecule has 1 unspecified atom stereocenters. The number of carbonyl (C=O) groups excluding carboxylic acids is 1. The summed E-state index contributed by atoms with van der Waals surface area (Å²) in [6, 6.07) is 3.99. The van der Waals surface area contributed by atoms with E-state index in [1.54, 1.807) is 0 Å². The second kappa shape index (κ2) is 6.00. The molecule has 1 aromatic rings. The predicted octanol–water partition coefficient (Wildman–Crippen LogP) is 1.74. The van der Waals surface area contributed by atoms with Crippen molar-refractivity contribution in [3.8, 4) is 0 Å². The molecule has 0 saturated heterocycles. The van der Waals surface area contributed by atoms with Crippen molar-refractivity contribution in [1.82, 2.24) is 5.32 Å². The Balaban J connectivity index is 3.16. The van der Waals surface area contributed by atoms with E-state index >= 15 is 0 Å². The largest absolute Gasteiger partial charge is 0.480 e. The van der Waals surface area contributed by atoms with Crippen molar-refractivity contribution >= 4 is 33.5 Å². The van der Waals surface area contributed by atoms with Crippen molar-refractivity contribution in [1.29, 1.82) is 0 Å². The molecule has 0 aliphatic heterocycles. The SMILES string of the molecule is CNC(=O)C(C)(Cc1ccc([N+](=O)[O-])cc1Br)C(=O)O. The highest BCUT2D eigenvalue weighted by Gasteiger charge is 2.41. The fourth-order valence-electron chi connectivity index (χ4n) is 1.70. The standard InChI is InChI=1S/C12H13BrN2O5/c1-12(11(17)18,10(16)14-2)6-7-3-4-8(15(19)20)5-9(7)13/h3-5H,6H2,1-2H3,(H,14,16)(H,17,18). The highest BCUT2D eigenvalue weighted by molar-refractivity contribution is 9.10. The number of nitro benzene ring substituents is 1. The molecule has 2 N–H and O–H groups in total. The first kappa shape index (κ1) is 16.1. The van der Waals surface area contributed by atoms with Crippen LogP contribution in [0.2, 0.25) is 0 Å². The minimum Gasteiger partial charge on any atom is -0.480 e.